The van der Waals surface area contributed by atoms with E-state index < -0.39 is 0 Å². The van der Waals surface area contributed by atoms with Crippen LogP contribution >= 0.6 is 0 Å². The molecule has 0 aromatic rings. The van der Waals surface area contributed by atoms with Gasteiger partial charge in [-0.15, -0.1) is 0 Å². The molecule has 0 aliphatic rings. The predicted molar refractivity (Wildman–Crippen MR) is 73.1 cm³/mol. The first-order chi connectivity index (χ1) is 6.91. The second-order valence-electron chi connectivity index (χ2n) is 3.41. The summed E-state index contributed by atoms with van der Waals surface area (Å²) < 4.78 is 0. The maximum absolute atomic E-state index is 5.40. The standard InChI is InChI=1S/C10H24N2.C2H6.CH4/c11-9-7-5-3-1-2-4-6-8-10-12;1-2;/h1-12H2;1-2H3;1H4. The Balaban J connectivity index is -0.000000449. The van der Waals surface area contributed by atoms with Crippen LogP contribution in [-0.4, -0.2) is 13.1 Å². The van der Waals surface area contributed by atoms with Crippen molar-refractivity contribution in [3.8, 4) is 0 Å². The van der Waals surface area contributed by atoms with Crippen molar-refractivity contribution in [3.63, 3.8) is 0 Å². The molecule has 0 saturated carbocycles. The van der Waals surface area contributed by atoms with E-state index in [0.717, 1.165) is 13.1 Å². The largest absolute Gasteiger partial charge is 0.330 e. The number of hydrogen-bond acceptors (Lipinski definition) is 2. The van der Waals surface area contributed by atoms with Gasteiger partial charge in [-0.3, -0.25) is 0 Å². The first-order valence-electron chi connectivity index (χ1n) is 6.32. The van der Waals surface area contributed by atoms with Gasteiger partial charge in [0.05, 0.1) is 0 Å². The smallest absolute Gasteiger partial charge is 0.00773 e. The molecule has 96 valence electrons. The maximum Gasteiger partial charge on any atom is -0.00773 e. The van der Waals surface area contributed by atoms with E-state index in [2.05, 4.69) is 0 Å². The highest BCUT2D eigenvalue weighted by Gasteiger charge is 1.90. The molecule has 0 fully saturated rings. The normalized spacial score (nSPS) is 8.80. The molecular weight excluding hydrogens is 184 g/mol. The fourth-order valence-corrected chi connectivity index (χ4v) is 1.35. The van der Waals surface area contributed by atoms with Crippen molar-refractivity contribution in [1.29, 1.82) is 0 Å². The lowest BCUT2D eigenvalue weighted by Crippen LogP contribution is -1.98. The fourth-order valence-electron chi connectivity index (χ4n) is 1.35. The van der Waals surface area contributed by atoms with Gasteiger partial charge in [0.1, 0.15) is 0 Å². The minimum absolute atomic E-state index is 0. The second-order valence-corrected chi connectivity index (χ2v) is 3.41. The third kappa shape index (κ3) is 24.9. The average molecular weight is 218 g/mol. The van der Waals surface area contributed by atoms with E-state index >= 15 is 0 Å². The second kappa shape index (κ2) is 23.6. The van der Waals surface area contributed by atoms with Crippen LogP contribution in [0.5, 0.6) is 0 Å². The minimum atomic E-state index is 0. The van der Waals surface area contributed by atoms with Crippen LogP contribution in [0.1, 0.15) is 72.6 Å². The van der Waals surface area contributed by atoms with Gasteiger partial charge in [-0.25, -0.2) is 0 Å². The van der Waals surface area contributed by atoms with E-state index in [9.17, 15) is 0 Å². The van der Waals surface area contributed by atoms with Gasteiger partial charge in [0.25, 0.3) is 0 Å². The number of unbranched alkanes of at least 4 members (excludes halogenated alkanes) is 7. The molecule has 2 nitrogen and oxygen atoms in total. The average Bonchev–Trinajstić information content (AvgIpc) is 2.25. The van der Waals surface area contributed by atoms with Crippen molar-refractivity contribution in [2.75, 3.05) is 13.1 Å². The molecule has 15 heavy (non-hydrogen) atoms. The molecule has 0 aliphatic carbocycles. The first kappa shape index (κ1) is 20.3. The Kier molecular flexibility index (Phi) is 32.0. The number of nitrogens with two attached hydrogens (primary N) is 2. The first-order valence-corrected chi connectivity index (χ1v) is 6.32. The van der Waals surface area contributed by atoms with E-state index in [1.807, 2.05) is 13.8 Å². The van der Waals surface area contributed by atoms with Gasteiger partial charge in [0, 0.05) is 0 Å². The summed E-state index contributed by atoms with van der Waals surface area (Å²) >= 11 is 0. The van der Waals surface area contributed by atoms with Gasteiger partial charge in [-0.2, -0.15) is 0 Å². The lowest BCUT2D eigenvalue weighted by Gasteiger charge is -2.00. The Hall–Kier alpha value is -0.0800. The molecule has 0 unspecified atom stereocenters. The molecule has 0 radical (unpaired) electrons. The van der Waals surface area contributed by atoms with Crippen LogP contribution in [0.15, 0.2) is 0 Å². The molecule has 0 heterocycles. The molecule has 0 amide bonds. The third-order valence-corrected chi connectivity index (χ3v) is 2.16. The van der Waals surface area contributed by atoms with Gasteiger partial charge in [-0.05, 0) is 25.9 Å². The summed E-state index contributed by atoms with van der Waals surface area (Å²) in [5, 5.41) is 0. The summed E-state index contributed by atoms with van der Waals surface area (Å²) in [7, 11) is 0. The third-order valence-electron chi connectivity index (χ3n) is 2.16. The van der Waals surface area contributed by atoms with E-state index in [0.29, 0.717) is 0 Å². The Labute approximate surface area is 97.8 Å². The summed E-state index contributed by atoms with van der Waals surface area (Å²) in [6.45, 7) is 5.71. The molecular formula is C13H34N2. The molecule has 4 N–H and O–H groups in total. The van der Waals surface area contributed by atoms with Crippen LogP contribution in [0.25, 0.3) is 0 Å². The Bertz CT molecular complexity index is 64.9. The predicted octanol–water partition coefficient (Wildman–Crippen LogP) is 3.69. The van der Waals surface area contributed by atoms with Crippen molar-refractivity contribution >= 4 is 0 Å². The number of rotatable bonds is 9. The lowest BCUT2D eigenvalue weighted by atomic mass is 10.1. The van der Waals surface area contributed by atoms with Crippen LogP contribution in [-0.2, 0) is 0 Å². The van der Waals surface area contributed by atoms with Crippen LogP contribution < -0.4 is 11.5 Å². The quantitative estimate of drug-likeness (QED) is 0.580. The van der Waals surface area contributed by atoms with Crippen LogP contribution in [0, 0.1) is 0 Å². The fraction of sp³-hybridized carbons (Fsp3) is 1.00. The zero-order valence-electron chi connectivity index (χ0n) is 10.2. The zero-order chi connectivity index (χ0) is 11.1. The van der Waals surface area contributed by atoms with Gasteiger partial charge in [0.2, 0.25) is 0 Å². The molecule has 0 spiro atoms. The molecule has 0 aromatic heterocycles. The van der Waals surface area contributed by atoms with E-state index in [4.69, 9.17) is 11.5 Å². The summed E-state index contributed by atoms with van der Waals surface area (Å²) in [4.78, 5) is 0. The summed E-state index contributed by atoms with van der Waals surface area (Å²) in [5.41, 5.74) is 10.8. The zero-order valence-corrected chi connectivity index (χ0v) is 10.2. The van der Waals surface area contributed by atoms with Gasteiger partial charge in [-0.1, -0.05) is 59.8 Å². The van der Waals surface area contributed by atoms with Crippen molar-refractivity contribution in [2.24, 2.45) is 11.5 Å². The summed E-state index contributed by atoms with van der Waals surface area (Å²) in [5.74, 6) is 0. The molecule has 0 saturated heterocycles. The molecule has 0 atom stereocenters. The molecule has 0 bridgehead atoms. The van der Waals surface area contributed by atoms with Gasteiger partial charge >= 0.3 is 0 Å². The van der Waals surface area contributed by atoms with Crippen molar-refractivity contribution < 1.29 is 0 Å². The maximum atomic E-state index is 5.40. The van der Waals surface area contributed by atoms with E-state index in [1.165, 1.54) is 51.4 Å². The molecule has 2 heteroatoms. The summed E-state index contributed by atoms with van der Waals surface area (Å²) in [6, 6.07) is 0. The number of hydrogen-bond donors (Lipinski definition) is 2. The van der Waals surface area contributed by atoms with E-state index in [1.54, 1.807) is 0 Å². The van der Waals surface area contributed by atoms with Crippen molar-refractivity contribution in [1.82, 2.24) is 0 Å². The van der Waals surface area contributed by atoms with Crippen molar-refractivity contribution in [3.05, 3.63) is 0 Å². The van der Waals surface area contributed by atoms with Crippen LogP contribution in [0.2, 0.25) is 0 Å². The Morgan fingerprint density at radius 2 is 0.733 bits per heavy atom. The SMILES string of the molecule is C.CC.NCCCCCCCCCCN. The lowest BCUT2D eigenvalue weighted by molar-refractivity contribution is 0.572. The van der Waals surface area contributed by atoms with E-state index in [-0.39, 0.29) is 7.43 Å². The Morgan fingerprint density at radius 3 is 0.933 bits per heavy atom. The van der Waals surface area contributed by atoms with Crippen molar-refractivity contribution in [2.45, 2.75) is 72.6 Å². The summed E-state index contributed by atoms with van der Waals surface area (Å²) in [6.07, 6.45) is 10.5. The minimum Gasteiger partial charge on any atom is -0.330 e. The van der Waals surface area contributed by atoms with Gasteiger partial charge in [0.15, 0.2) is 0 Å². The monoisotopic (exact) mass is 218 g/mol. The van der Waals surface area contributed by atoms with Crippen LogP contribution in [0.4, 0.5) is 0 Å². The Morgan fingerprint density at radius 1 is 0.533 bits per heavy atom. The highest BCUT2D eigenvalue weighted by atomic mass is 14.5. The highest BCUT2D eigenvalue weighted by Crippen LogP contribution is 2.07. The molecule has 0 aliphatic heterocycles. The molecule has 0 aromatic carbocycles. The van der Waals surface area contributed by atoms with Gasteiger partial charge < -0.3 is 11.5 Å². The molecule has 0 rings (SSSR count). The van der Waals surface area contributed by atoms with Crippen LogP contribution in [0.3, 0.4) is 0 Å². The topological polar surface area (TPSA) is 52.0 Å². The highest BCUT2D eigenvalue weighted by molar-refractivity contribution is 4.47.